The fourth-order valence-electron chi connectivity index (χ4n) is 3.45. The smallest absolute Gasteiger partial charge is 0.263 e. The van der Waals surface area contributed by atoms with E-state index in [0.29, 0.717) is 6.67 Å². The molecular formula is C20H18ClN2OS+. The Bertz CT molecular complexity index is 960. The minimum atomic E-state index is 0.0811. The van der Waals surface area contributed by atoms with Gasteiger partial charge in [-0.1, -0.05) is 42.4 Å². The number of hydrogen-bond donors (Lipinski definition) is 1. The van der Waals surface area contributed by atoms with Crippen molar-refractivity contribution in [2.24, 2.45) is 0 Å². The van der Waals surface area contributed by atoms with E-state index in [1.54, 1.807) is 11.3 Å². The minimum Gasteiger partial charge on any atom is -0.310 e. The molecule has 126 valence electrons. The standard InChI is InChI=1S/C20H17ClN2OS/c1-2-11-22(12-15-9-10-18(21)25-15)13-23-17-8-4-6-14-5-3-7-16(19(14)17)20(23)24/h2-10H,1,11-13H2/p+1. The van der Waals surface area contributed by atoms with Gasteiger partial charge in [0, 0.05) is 5.39 Å². The van der Waals surface area contributed by atoms with Crippen molar-refractivity contribution >= 4 is 45.3 Å². The zero-order valence-electron chi connectivity index (χ0n) is 13.7. The van der Waals surface area contributed by atoms with Gasteiger partial charge in [-0.25, -0.2) is 0 Å². The van der Waals surface area contributed by atoms with Gasteiger partial charge in [0.1, 0.15) is 6.54 Å². The topological polar surface area (TPSA) is 24.8 Å². The fraction of sp³-hybridized carbons (Fsp3) is 0.150. The van der Waals surface area contributed by atoms with Gasteiger partial charge in [0.25, 0.3) is 5.91 Å². The van der Waals surface area contributed by atoms with Gasteiger partial charge >= 0.3 is 0 Å². The van der Waals surface area contributed by atoms with Crippen molar-refractivity contribution in [1.29, 1.82) is 0 Å². The van der Waals surface area contributed by atoms with Crippen LogP contribution in [0.5, 0.6) is 0 Å². The van der Waals surface area contributed by atoms with Crippen molar-refractivity contribution in [3.63, 3.8) is 0 Å². The number of nitrogens with zero attached hydrogens (tertiary/aromatic N) is 1. The van der Waals surface area contributed by atoms with E-state index in [0.717, 1.165) is 39.4 Å². The van der Waals surface area contributed by atoms with Crippen molar-refractivity contribution in [2.45, 2.75) is 6.54 Å². The summed E-state index contributed by atoms with van der Waals surface area (Å²) in [7, 11) is 0. The van der Waals surface area contributed by atoms with Crippen molar-refractivity contribution in [2.75, 3.05) is 18.1 Å². The largest absolute Gasteiger partial charge is 0.310 e. The summed E-state index contributed by atoms with van der Waals surface area (Å²) in [5, 5.41) is 2.17. The van der Waals surface area contributed by atoms with E-state index < -0.39 is 0 Å². The maximum atomic E-state index is 12.9. The summed E-state index contributed by atoms with van der Waals surface area (Å²) in [4.78, 5) is 17.3. The highest BCUT2D eigenvalue weighted by Gasteiger charge is 2.32. The predicted molar refractivity (Wildman–Crippen MR) is 105 cm³/mol. The number of anilines is 1. The second-order valence-corrected chi connectivity index (χ2v) is 8.00. The molecule has 0 saturated carbocycles. The summed E-state index contributed by atoms with van der Waals surface area (Å²) < 4.78 is 0.794. The molecule has 25 heavy (non-hydrogen) atoms. The second kappa shape index (κ2) is 6.64. The predicted octanol–water partition coefficient (Wildman–Crippen LogP) is 3.74. The molecule has 0 fully saturated rings. The van der Waals surface area contributed by atoms with Crippen molar-refractivity contribution in [1.82, 2.24) is 0 Å². The Hall–Kier alpha value is -2.14. The molecule has 3 nitrogen and oxygen atoms in total. The summed E-state index contributed by atoms with van der Waals surface area (Å²) in [6.07, 6.45) is 1.90. The van der Waals surface area contributed by atoms with Crippen LogP contribution in [0.3, 0.4) is 0 Å². The molecule has 4 rings (SSSR count). The maximum Gasteiger partial charge on any atom is 0.263 e. The monoisotopic (exact) mass is 369 g/mol. The lowest BCUT2D eigenvalue weighted by atomic mass is 10.1. The normalized spacial score (nSPS) is 14.3. The number of nitrogens with one attached hydrogen (secondary N) is 1. The summed E-state index contributed by atoms with van der Waals surface area (Å²) in [6.45, 7) is 6.08. The fourth-order valence-corrected chi connectivity index (χ4v) is 4.61. The van der Waals surface area contributed by atoms with Gasteiger partial charge in [-0.3, -0.25) is 9.69 Å². The third kappa shape index (κ3) is 2.97. The molecule has 3 aromatic rings. The zero-order valence-corrected chi connectivity index (χ0v) is 15.2. The Kier molecular flexibility index (Phi) is 4.34. The first-order chi connectivity index (χ1) is 12.2. The van der Waals surface area contributed by atoms with Crippen LogP contribution in [-0.4, -0.2) is 19.1 Å². The third-order valence-corrected chi connectivity index (χ3v) is 5.75. The molecule has 1 unspecified atom stereocenters. The van der Waals surface area contributed by atoms with E-state index in [9.17, 15) is 4.79 Å². The lowest BCUT2D eigenvalue weighted by molar-refractivity contribution is -0.906. The number of carbonyl (C=O) groups is 1. The van der Waals surface area contributed by atoms with Crippen LogP contribution in [-0.2, 0) is 6.54 Å². The Morgan fingerprint density at radius 3 is 2.68 bits per heavy atom. The number of amides is 1. The zero-order chi connectivity index (χ0) is 17.4. The number of carbonyl (C=O) groups excluding carboxylic acids is 1. The van der Waals surface area contributed by atoms with Gasteiger partial charge in [-0.05, 0) is 35.7 Å². The third-order valence-electron chi connectivity index (χ3n) is 4.52. The van der Waals surface area contributed by atoms with Crippen LogP contribution in [0.1, 0.15) is 15.2 Å². The van der Waals surface area contributed by atoms with E-state index in [4.69, 9.17) is 11.6 Å². The van der Waals surface area contributed by atoms with Crippen molar-refractivity contribution in [3.8, 4) is 0 Å². The summed E-state index contributed by atoms with van der Waals surface area (Å²) >= 11 is 7.64. The van der Waals surface area contributed by atoms with Gasteiger partial charge < -0.3 is 4.90 Å². The number of quaternary nitrogens is 1. The lowest BCUT2D eigenvalue weighted by Gasteiger charge is -2.24. The number of benzene rings is 2. The molecule has 2 heterocycles. The highest BCUT2D eigenvalue weighted by atomic mass is 35.5. The average Bonchev–Trinajstić information content (AvgIpc) is 3.13. The van der Waals surface area contributed by atoms with E-state index in [2.05, 4.69) is 24.8 Å². The number of thiophene rings is 1. The molecule has 1 aliphatic rings. The minimum absolute atomic E-state index is 0.0811. The molecule has 0 aliphatic carbocycles. The molecule has 2 aromatic carbocycles. The highest BCUT2D eigenvalue weighted by Crippen LogP contribution is 2.36. The van der Waals surface area contributed by atoms with E-state index >= 15 is 0 Å². The first-order valence-electron chi connectivity index (χ1n) is 8.19. The first-order valence-corrected chi connectivity index (χ1v) is 9.39. The Labute approximate surface area is 155 Å². The Morgan fingerprint density at radius 2 is 1.96 bits per heavy atom. The molecule has 0 bridgehead atoms. The molecule has 0 saturated heterocycles. The highest BCUT2D eigenvalue weighted by molar-refractivity contribution is 7.16. The van der Waals surface area contributed by atoms with Gasteiger partial charge in [0.05, 0.1) is 27.0 Å². The van der Waals surface area contributed by atoms with Gasteiger partial charge in [-0.2, -0.15) is 0 Å². The lowest BCUT2D eigenvalue weighted by Crippen LogP contribution is -3.12. The van der Waals surface area contributed by atoms with Gasteiger partial charge in [-0.15, -0.1) is 11.3 Å². The van der Waals surface area contributed by atoms with Crippen LogP contribution < -0.4 is 9.80 Å². The van der Waals surface area contributed by atoms with E-state index in [1.807, 2.05) is 41.3 Å². The molecule has 1 atom stereocenters. The SMILES string of the molecule is C=CC[NH+](Cc1ccc(Cl)s1)CN1C(=O)c2cccc3cccc1c23. The summed E-state index contributed by atoms with van der Waals surface area (Å²) in [6, 6.07) is 16.0. The van der Waals surface area contributed by atoms with Crippen LogP contribution in [0.2, 0.25) is 4.34 Å². The van der Waals surface area contributed by atoms with Crippen LogP contribution in [0.4, 0.5) is 5.69 Å². The number of halogens is 1. The average molecular weight is 370 g/mol. The molecule has 1 aromatic heterocycles. The maximum absolute atomic E-state index is 12.9. The van der Waals surface area contributed by atoms with Crippen LogP contribution >= 0.6 is 22.9 Å². The van der Waals surface area contributed by atoms with Gasteiger partial charge in [0.15, 0.2) is 6.67 Å². The molecule has 1 aliphatic heterocycles. The summed E-state index contributed by atoms with van der Waals surface area (Å²) in [5.41, 5.74) is 1.80. The van der Waals surface area contributed by atoms with Crippen LogP contribution in [0.25, 0.3) is 10.8 Å². The van der Waals surface area contributed by atoms with E-state index in [1.165, 1.54) is 9.78 Å². The quantitative estimate of drug-likeness (QED) is 0.658. The molecule has 5 heteroatoms. The molecule has 1 amide bonds. The van der Waals surface area contributed by atoms with Crippen molar-refractivity contribution < 1.29 is 9.69 Å². The Balaban J connectivity index is 1.64. The summed E-state index contributed by atoms with van der Waals surface area (Å²) in [5.74, 6) is 0.0811. The first kappa shape index (κ1) is 16.3. The Morgan fingerprint density at radius 1 is 1.16 bits per heavy atom. The van der Waals surface area contributed by atoms with Crippen molar-refractivity contribution in [3.05, 3.63) is 76.0 Å². The van der Waals surface area contributed by atoms with Crippen LogP contribution in [0.15, 0.2) is 61.2 Å². The van der Waals surface area contributed by atoms with Crippen LogP contribution in [0, 0.1) is 0 Å². The number of rotatable bonds is 6. The van der Waals surface area contributed by atoms with E-state index in [-0.39, 0.29) is 5.91 Å². The molecule has 1 N–H and O–H groups in total. The number of hydrogen-bond acceptors (Lipinski definition) is 2. The molecule has 0 spiro atoms. The second-order valence-electron chi connectivity index (χ2n) is 6.20. The molecule has 0 radical (unpaired) electrons. The van der Waals surface area contributed by atoms with Gasteiger partial charge in [0.2, 0.25) is 0 Å². The molecular weight excluding hydrogens is 352 g/mol.